The number of sulfone groups is 1. The molecule has 2 rings (SSSR count). The van der Waals surface area contributed by atoms with Crippen LogP contribution >= 0.6 is 11.6 Å². The smallest absolute Gasteiger partial charge is 0.251 e. The molecule has 6 nitrogen and oxygen atoms in total. The van der Waals surface area contributed by atoms with Crippen LogP contribution < -0.4 is 10.6 Å². The normalized spacial score (nSPS) is 12.3. The van der Waals surface area contributed by atoms with Crippen LogP contribution in [0.1, 0.15) is 16.8 Å². The number of carbonyl (C=O) groups excluding carboxylic acids is 2. The Bertz CT molecular complexity index is 915. The molecule has 27 heavy (non-hydrogen) atoms. The fraction of sp³-hybridized carbons (Fsp3) is 0.222. The van der Waals surface area contributed by atoms with E-state index < -0.39 is 33.5 Å². The molecule has 1 atom stereocenters. The zero-order valence-corrected chi connectivity index (χ0v) is 16.0. The van der Waals surface area contributed by atoms with Crippen LogP contribution in [0.5, 0.6) is 0 Å². The summed E-state index contributed by atoms with van der Waals surface area (Å²) in [6.07, 6.45) is 0.939. The Labute approximate surface area is 161 Å². The number of halogens is 2. The van der Waals surface area contributed by atoms with E-state index in [0.29, 0.717) is 10.7 Å². The van der Waals surface area contributed by atoms with Crippen molar-refractivity contribution >= 4 is 38.9 Å². The Balaban J connectivity index is 2.13. The summed E-state index contributed by atoms with van der Waals surface area (Å²) in [6, 6.07) is 10.0. The molecule has 0 unspecified atom stereocenters. The number of anilines is 1. The highest BCUT2D eigenvalue weighted by Gasteiger charge is 2.23. The summed E-state index contributed by atoms with van der Waals surface area (Å²) in [5.74, 6) is -1.89. The average molecular weight is 413 g/mol. The first kappa shape index (κ1) is 20.9. The van der Waals surface area contributed by atoms with Gasteiger partial charge in [0, 0.05) is 22.5 Å². The number of hydrogen-bond donors (Lipinski definition) is 2. The summed E-state index contributed by atoms with van der Waals surface area (Å²) in [5.41, 5.74) is 0.602. The zero-order chi connectivity index (χ0) is 20.0. The molecule has 0 bridgehead atoms. The lowest BCUT2D eigenvalue weighted by molar-refractivity contribution is -0.118. The first-order valence-corrected chi connectivity index (χ1v) is 10.4. The van der Waals surface area contributed by atoms with E-state index in [1.54, 1.807) is 0 Å². The van der Waals surface area contributed by atoms with Crippen molar-refractivity contribution < 1.29 is 22.4 Å². The second kappa shape index (κ2) is 8.96. The lowest BCUT2D eigenvalue weighted by atomic mass is 10.1. The molecular formula is C18H18ClFN2O4S. The van der Waals surface area contributed by atoms with Gasteiger partial charge in [0.25, 0.3) is 5.91 Å². The van der Waals surface area contributed by atoms with Gasteiger partial charge in [-0.15, -0.1) is 0 Å². The van der Waals surface area contributed by atoms with Crippen molar-refractivity contribution in [2.75, 3.05) is 17.3 Å². The minimum atomic E-state index is -3.34. The van der Waals surface area contributed by atoms with E-state index in [-0.39, 0.29) is 17.7 Å². The van der Waals surface area contributed by atoms with E-state index in [9.17, 15) is 22.4 Å². The molecule has 9 heteroatoms. The highest BCUT2D eigenvalue weighted by molar-refractivity contribution is 7.90. The second-order valence-electron chi connectivity index (χ2n) is 5.95. The lowest BCUT2D eigenvalue weighted by Gasteiger charge is -2.18. The van der Waals surface area contributed by atoms with E-state index in [1.807, 2.05) is 0 Å². The molecule has 0 saturated heterocycles. The highest BCUT2D eigenvalue weighted by atomic mass is 35.5. The van der Waals surface area contributed by atoms with Crippen LogP contribution in [0, 0.1) is 5.82 Å². The van der Waals surface area contributed by atoms with Crippen LogP contribution in [0.4, 0.5) is 10.1 Å². The first-order valence-electron chi connectivity index (χ1n) is 7.94. The zero-order valence-electron chi connectivity index (χ0n) is 14.4. The first-order chi connectivity index (χ1) is 12.6. The van der Waals surface area contributed by atoms with Gasteiger partial charge in [0.1, 0.15) is 21.7 Å². The molecule has 2 aromatic rings. The molecule has 0 aromatic heterocycles. The number of benzene rings is 2. The molecule has 0 fully saturated rings. The van der Waals surface area contributed by atoms with Crippen molar-refractivity contribution in [2.45, 2.75) is 12.5 Å². The van der Waals surface area contributed by atoms with Crippen molar-refractivity contribution in [3.63, 3.8) is 0 Å². The maximum Gasteiger partial charge on any atom is 0.251 e. The van der Waals surface area contributed by atoms with Gasteiger partial charge in [-0.1, -0.05) is 11.6 Å². The van der Waals surface area contributed by atoms with Crippen LogP contribution in [-0.4, -0.2) is 38.3 Å². The number of carbonyl (C=O) groups is 2. The van der Waals surface area contributed by atoms with Gasteiger partial charge in [-0.05, 0) is 55.0 Å². The van der Waals surface area contributed by atoms with Gasteiger partial charge in [-0.2, -0.15) is 0 Å². The average Bonchev–Trinajstić information content (AvgIpc) is 2.60. The summed E-state index contributed by atoms with van der Waals surface area (Å²) >= 11 is 5.78. The number of rotatable bonds is 7. The van der Waals surface area contributed by atoms with E-state index in [1.165, 1.54) is 48.5 Å². The van der Waals surface area contributed by atoms with Crippen LogP contribution in [0.2, 0.25) is 5.02 Å². The predicted molar refractivity (Wildman–Crippen MR) is 102 cm³/mol. The number of amides is 2. The monoisotopic (exact) mass is 412 g/mol. The van der Waals surface area contributed by atoms with Crippen molar-refractivity contribution in [1.29, 1.82) is 0 Å². The van der Waals surface area contributed by atoms with Crippen molar-refractivity contribution in [3.8, 4) is 0 Å². The summed E-state index contributed by atoms with van der Waals surface area (Å²) in [5, 5.41) is 5.51. The van der Waals surface area contributed by atoms with E-state index >= 15 is 0 Å². The predicted octanol–water partition coefficient (Wildman–Crippen LogP) is 2.65. The Morgan fingerprint density at radius 2 is 1.67 bits per heavy atom. The van der Waals surface area contributed by atoms with Crippen molar-refractivity contribution in [3.05, 3.63) is 64.9 Å². The minimum Gasteiger partial charge on any atom is -0.340 e. The van der Waals surface area contributed by atoms with Gasteiger partial charge in [-0.3, -0.25) is 9.59 Å². The Hall–Kier alpha value is -2.45. The van der Waals surface area contributed by atoms with Crippen LogP contribution in [-0.2, 0) is 14.6 Å². The summed E-state index contributed by atoms with van der Waals surface area (Å²) in [6.45, 7) is 0. The van der Waals surface area contributed by atoms with Gasteiger partial charge < -0.3 is 10.6 Å². The third-order valence-corrected chi connectivity index (χ3v) is 4.85. The molecule has 0 aliphatic heterocycles. The molecule has 0 aliphatic rings. The molecule has 0 aliphatic carbocycles. The maximum absolute atomic E-state index is 13.0. The quantitative estimate of drug-likeness (QED) is 0.731. The van der Waals surface area contributed by atoms with E-state index in [0.717, 1.165) is 6.26 Å². The molecular weight excluding hydrogens is 395 g/mol. The summed E-state index contributed by atoms with van der Waals surface area (Å²) in [4.78, 5) is 24.9. The second-order valence-corrected chi connectivity index (χ2v) is 8.64. The highest BCUT2D eigenvalue weighted by Crippen LogP contribution is 2.12. The molecule has 144 valence electrons. The summed E-state index contributed by atoms with van der Waals surface area (Å²) in [7, 11) is -3.34. The van der Waals surface area contributed by atoms with Crippen LogP contribution in [0.15, 0.2) is 48.5 Å². The van der Waals surface area contributed by atoms with Crippen LogP contribution in [0.3, 0.4) is 0 Å². The Morgan fingerprint density at radius 3 is 2.22 bits per heavy atom. The fourth-order valence-corrected chi connectivity index (χ4v) is 3.00. The molecule has 2 N–H and O–H groups in total. The van der Waals surface area contributed by atoms with Crippen molar-refractivity contribution in [2.24, 2.45) is 0 Å². The Morgan fingerprint density at radius 1 is 1.07 bits per heavy atom. The maximum atomic E-state index is 13.0. The lowest BCUT2D eigenvalue weighted by Crippen LogP contribution is -2.44. The minimum absolute atomic E-state index is 0.106. The van der Waals surface area contributed by atoms with Crippen molar-refractivity contribution in [1.82, 2.24) is 5.32 Å². The SMILES string of the molecule is CS(=O)(=O)CC[C@@H](NC(=O)c1ccc(Cl)cc1)C(=O)Nc1ccc(F)cc1. The van der Waals surface area contributed by atoms with Gasteiger partial charge in [0.2, 0.25) is 5.91 Å². The molecule has 0 radical (unpaired) electrons. The largest absolute Gasteiger partial charge is 0.340 e. The van der Waals surface area contributed by atoms with E-state index in [4.69, 9.17) is 11.6 Å². The van der Waals surface area contributed by atoms with Gasteiger partial charge >= 0.3 is 0 Å². The van der Waals surface area contributed by atoms with Gasteiger partial charge in [0.15, 0.2) is 0 Å². The van der Waals surface area contributed by atoms with Gasteiger partial charge in [-0.25, -0.2) is 12.8 Å². The third-order valence-electron chi connectivity index (χ3n) is 3.62. The van der Waals surface area contributed by atoms with Gasteiger partial charge in [0.05, 0.1) is 5.75 Å². The molecule has 2 aromatic carbocycles. The molecule has 2 amide bonds. The Kier molecular flexibility index (Phi) is 6.92. The topological polar surface area (TPSA) is 92.3 Å². The number of nitrogens with one attached hydrogen (secondary N) is 2. The van der Waals surface area contributed by atoms with Crippen LogP contribution in [0.25, 0.3) is 0 Å². The number of hydrogen-bond acceptors (Lipinski definition) is 4. The standard InChI is InChI=1S/C18H18ClFN2O4S/c1-27(25,26)11-10-16(18(24)21-15-8-6-14(20)7-9-15)22-17(23)12-2-4-13(19)5-3-12/h2-9,16H,10-11H2,1H3,(H,21,24)(H,22,23)/t16-/m1/s1. The third kappa shape index (κ3) is 6.99. The molecule has 0 saturated carbocycles. The summed E-state index contributed by atoms with van der Waals surface area (Å²) < 4.78 is 35.9. The van der Waals surface area contributed by atoms with E-state index in [2.05, 4.69) is 10.6 Å². The fourth-order valence-electron chi connectivity index (χ4n) is 2.21. The molecule has 0 heterocycles. The molecule has 0 spiro atoms.